The van der Waals surface area contributed by atoms with E-state index in [9.17, 15) is 9.59 Å². The first kappa shape index (κ1) is 14.9. The van der Waals surface area contributed by atoms with Crippen LogP contribution < -0.4 is 10.9 Å². The maximum Gasteiger partial charge on any atom is 0.252 e. The standard InChI is InChI=1S/C12H17BrN2O3/c1-12(2,18-4)6-10(16)14-9-5-11(17)15(3)7-8(9)13/h5,7H,6H2,1-4H3,(H,14,16). The minimum Gasteiger partial charge on any atom is -0.378 e. The van der Waals surface area contributed by atoms with Crippen LogP contribution in [0.3, 0.4) is 0 Å². The second-order valence-corrected chi connectivity index (χ2v) is 5.53. The summed E-state index contributed by atoms with van der Waals surface area (Å²) >= 11 is 3.30. The second kappa shape index (κ2) is 5.67. The van der Waals surface area contributed by atoms with Gasteiger partial charge < -0.3 is 14.6 Å². The molecule has 0 radical (unpaired) electrons. The zero-order valence-electron chi connectivity index (χ0n) is 10.9. The molecule has 0 saturated heterocycles. The largest absolute Gasteiger partial charge is 0.378 e. The number of methoxy groups -OCH3 is 1. The van der Waals surface area contributed by atoms with E-state index in [0.29, 0.717) is 10.2 Å². The van der Waals surface area contributed by atoms with Gasteiger partial charge in [-0.25, -0.2) is 0 Å². The maximum atomic E-state index is 11.8. The number of nitrogens with one attached hydrogen (secondary N) is 1. The molecule has 18 heavy (non-hydrogen) atoms. The van der Waals surface area contributed by atoms with E-state index in [1.165, 1.54) is 10.6 Å². The van der Waals surface area contributed by atoms with E-state index in [1.807, 2.05) is 13.8 Å². The molecule has 1 heterocycles. The highest BCUT2D eigenvalue weighted by Crippen LogP contribution is 2.21. The van der Waals surface area contributed by atoms with Crippen molar-refractivity contribution in [2.24, 2.45) is 7.05 Å². The van der Waals surface area contributed by atoms with E-state index in [-0.39, 0.29) is 17.9 Å². The lowest BCUT2D eigenvalue weighted by molar-refractivity contribution is -0.121. The van der Waals surface area contributed by atoms with Gasteiger partial charge in [0.2, 0.25) is 5.91 Å². The summed E-state index contributed by atoms with van der Waals surface area (Å²) in [6.45, 7) is 3.65. The van der Waals surface area contributed by atoms with Gasteiger partial charge in [0.25, 0.3) is 5.56 Å². The van der Waals surface area contributed by atoms with Crippen molar-refractivity contribution in [2.45, 2.75) is 25.9 Å². The predicted octanol–water partition coefficient (Wildman–Crippen LogP) is 1.90. The van der Waals surface area contributed by atoms with Crippen LogP contribution in [0.4, 0.5) is 5.69 Å². The van der Waals surface area contributed by atoms with Gasteiger partial charge in [-0.3, -0.25) is 9.59 Å². The van der Waals surface area contributed by atoms with Gasteiger partial charge >= 0.3 is 0 Å². The van der Waals surface area contributed by atoms with Crippen LogP contribution in [0.2, 0.25) is 0 Å². The Kier molecular flexibility index (Phi) is 4.70. The summed E-state index contributed by atoms with van der Waals surface area (Å²) < 4.78 is 7.27. The normalized spacial score (nSPS) is 11.4. The highest BCUT2D eigenvalue weighted by Gasteiger charge is 2.21. The molecule has 0 aliphatic heterocycles. The molecule has 0 aliphatic carbocycles. The van der Waals surface area contributed by atoms with E-state index in [1.54, 1.807) is 20.4 Å². The van der Waals surface area contributed by atoms with Crippen molar-refractivity contribution in [2.75, 3.05) is 12.4 Å². The van der Waals surface area contributed by atoms with Crippen molar-refractivity contribution in [3.05, 3.63) is 27.1 Å². The Hall–Kier alpha value is -1.14. The number of aromatic nitrogens is 1. The Morgan fingerprint density at radius 1 is 1.56 bits per heavy atom. The minimum absolute atomic E-state index is 0.181. The van der Waals surface area contributed by atoms with Gasteiger partial charge in [0.1, 0.15) is 0 Å². The summed E-state index contributed by atoms with van der Waals surface area (Å²) in [6.07, 6.45) is 1.82. The molecule has 1 aromatic rings. The van der Waals surface area contributed by atoms with Crippen molar-refractivity contribution in [1.82, 2.24) is 4.57 Å². The number of carbonyl (C=O) groups is 1. The van der Waals surface area contributed by atoms with Crippen molar-refractivity contribution in [1.29, 1.82) is 0 Å². The third-order valence-corrected chi connectivity index (χ3v) is 3.22. The summed E-state index contributed by atoms with van der Waals surface area (Å²) in [5.41, 5.74) is -0.245. The molecule has 0 unspecified atom stereocenters. The van der Waals surface area contributed by atoms with Crippen molar-refractivity contribution < 1.29 is 9.53 Å². The number of hydrogen-bond donors (Lipinski definition) is 1. The van der Waals surface area contributed by atoms with Crippen LogP contribution in [-0.4, -0.2) is 23.2 Å². The topological polar surface area (TPSA) is 60.3 Å². The molecule has 1 aromatic heterocycles. The fourth-order valence-corrected chi connectivity index (χ4v) is 1.87. The second-order valence-electron chi connectivity index (χ2n) is 4.67. The number of hydrogen-bond acceptors (Lipinski definition) is 3. The lowest BCUT2D eigenvalue weighted by Gasteiger charge is -2.22. The van der Waals surface area contributed by atoms with Crippen molar-refractivity contribution in [3.63, 3.8) is 0 Å². The van der Waals surface area contributed by atoms with Crippen LogP contribution >= 0.6 is 15.9 Å². The van der Waals surface area contributed by atoms with Gasteiger partial charge in [0, 0.05) is 26.4 Å². The lowest BCUT2D eigenvalue weighted by atomic mass is 10.0. The molecule has 0 aliphatic rings. The van der Waals surface area contributed by atoms with Gasteiger partial charge in [-0.15, -0.1) is 0 Å². The molecule has 5 nitrogen and oxygen atoms in total. The fourth-order valence-electron chi connectivity index (χ4n) is 1.35. The molecule has 1 N–H and O–H groups in total. The SMILES string of the molecule is COC(C)(C)CC(=O)Nc1cc(=O)n(C)cc1Br. The van der Waals surface area contributed by atoms with E-state index < -0.39 is 5.60 Å². The monoisotopic (exact) mass is 316 g/mol. The number of rotatable bonds is 4. The summed E-state index contributed by atoms with van der Waals surface area (Å²) in [5.74, 6) is -0.198. The summed E-state index contributed by atoms with van der Waals surface area (Å²) in [6, 6.07) is 1.38. The van der Waals surface area contributed by atoms with Gasteiger partial charge in [-0.2, -0.15) is 0 Å². The Morgan fingerprint density at radius 3 is 2.72 bits per heavy atom. The van der Waals surface area contributed by atoms with Crippen molar-refractivity contribution >= 4 is 27.5 Å². The van der Waals surface area contributed by atoms with Crippen LogP contribution in [0.15, 0.2) is 21.5 Å². The zero-order chi connectivity index (χ0) is 13.9. The van der Waals surface area contributed by atoms with Crippen LogP contribution in [0.5, 0.6) is 0 Å². The van der Waals surface area contributed by atoms with E-state index in [2.05, 4.69) is 21.2 Å². The minimum atomic E-state index is -0.531. The maximum absolute atomic E-state index is 11.8. The molecule has 1 rings (SSSR count). The molecule has 100 valence electrons. The number of anilines is 1. The molecule has 0 saturated carbocycles. The molecular weight excluding hydrogens is 300 g/mol. The third kappa shape index (κ3) is 3.96. The van der Waals surface area contributed by atoms with E-state index in [0.717, 1.165) is 0 Å². The quantitative estimate of drug-likeness (QED) is 0.923. The van der Waals surface area contributed by atoms with E-state index >= 15 is 0 Å². The number of carbonyl (C=O) groups excluding carboxylic acids is 1. The Labute approximate surface area is 114 Å². The molecule has 0 atom stereocenters. The number of ether oxygens (including phenoxy) is 1. The first-order chi connectivity index (χ1) is 8.25. The number of halogens is 1. The average molecular weight is 317 g/mol. The predicted molar refractivity (Wildman–Crippen MR) is 73.7 cm³/mol. The fraction of sp³-hybridized carbons (Fsp3) is 0.500. The van der Waals surface area contributed by atoms with Gasteiger partial charge in [0.15, 0.2) is 0 Å². The van der Waals surface area contributed by atoms with Crippen molar-refractivity contribution in [3.8, 4) is 0 Å². The molecule has 6 heteroatoms. The smallest absolute Gasteiger partial charge is 0.252 e. The molecular formula is C12H17BrN2O3. The van der Waals surface area contributed by atoms with Crippen LogP contribution in [0.25, 0.3) is 0 Å². The molecule has 0 aromatic carbocycles. The summed E-state index contributed by atoms with van der Waals surface area (Å²) in [5, 5.41) is 2.69. The van der Waals surface area contributed by atoms with Gasteiger partial charge in [-0.1, -0.05) is 0 Å². The summed E-state index contributed by atoms with van der Waals surface area (Å²) in [4.78, 5) is 23.3. The highest BCUT2D eigenvalue weighted by atomic mass is 79.9. The van der Waals surface area contributed by atoms with Crippen LogP contribution in [0.1, 0.15) is 20.3 Å². The molecule has 0 spiro atoms. The number of amides is 1. The third-order valence-electron chi connectivity index (χ3n) is 2.59. The number of aryl methyl sites for hydroxylation is 1. The van der Waals surface area contributed by atoms with Crippen LogP contribution in [0, 0.1) is 0 Å². The van der Waals surface area contributed by atoms with E-state index in [4.69, 9.17) is 4.74 Å². The zero-order valence-corrected chi connectivity index (χ0v) is 12.5. The lowest BCUT2D eigenvalue weighted by Crippen LogP contribution is -2.30. The highest BCUT2D eigenvalue weighted by molar-refractivity contribution is 9.10. The molecule has 1 amide bonds. The molecule has 0 fully saturated rings. The molecule has 0 bridgehead atoms. The van der Waals surface area contributed by atoms with Gasteiger partial charge in [0.05, 0.1) is 22.2 Å². The number of pyridine rings is 1. The first-order valence-electron chi connectivity index (χ1n) is 5.46. The average Bonchev–Trinajstić information content (AvgIpc) is 2.25. The Morgan fingerprint density at radius 2 is 2.17 bits per heavy atom. The first-order valence-corrected chi connectivity index (χ1v) is 6.25. The Balaban J connectivity index is 2.83. The Bertz CT molecular complexity index is 509. The number of nitrogens with zero attached hydrogens (tertiary/aromatic N) is 1. The van der Waals surface area contributed by atoms with Gasteiger partial charge in [-0.05, 0) is 29.8 Å². The summed E-state index contributed by atoms with van der Waals surface area (Å²) in [7, 11) is 3.20. The van der Waals surface area contributed by atoms with Crippen LogP contribution in [-0.2, 0) is 16.6 Å².